The topological polar surface area (TPSA) is 86.8 Å². The molecule has 0 spiro atoms. The summed E-state index contributed by atoms with van der Waals surface area (Å²) in [4.78, 5) is 51.7. The molecule has 0 bridgehead atoms. The summed E-state index contributed by atoms with van der Waals surface area (Å²) in [6.45, 7) is 3.99. The lowest BCUT2D eigenvalue weighted by Crippen LogP contribution is -2.28. The maximum Gasteiger partial charge on any atom is 0.229 e. The Morgan fingerprint density at radius 1 is 1.03 bits per heavy atom. The molecule has 2 aliphatic heterocycles. The van der Waals surface area contributed by atoms with Crippen LogP contribution in [0.4, 0.5) is 17.1 Å². The fraction of sp³-hybridized carbons (Fsp3) is 0.304. The van der Waals surface area contributed by atoms with Gasteiger partial charge in [-0.2, -0.15) is 0 Å². The summed E-state index contributed by atoms with van der Waals surface area (Å²) >= 11 is 0. The number of hydrogen-bond donors (Lipinski definition) is 1. The number of fused-ring (bicyclic) bond motifs is 1. The highest BCUT2D eigenvalue weighted by atomic mass is 16.2. The van der Waals surface area contributed by atoms with E-state index < -0.39 is 5.92 Å². The highest BCUT2D eigenvalue weighted by Crippen LogP contribution is 2.34. The van der Waals surface area contributed by atoms with Crippen molar-refractivity contribution in [1.82, 2.24) is 0 Å². The molecule has 7 heteroatoms. The molecule has 0 radical (unpaired) electrons. The standard InChI is InChI=1S/C23H23N3O4/c1-14(27)16-3-5-19(6-4-16)24-23(30)18-12-22(29)26(13-18)20-7-8-21-17(11-20)9-10-25(21)15(2)28/h3-8,11,18H,9-10,12-13H2,1-2H3,(H,24,30)/t18-/m1/s1. The van der Waals surface area contributed by atoms with E-state index in [2.05, 4.69) is 5.32 Å². The Morgan fingerprint density at radius 3 is 2.43 bits per heavy atom. The number of nitrogens with zero attached hydrogens (tertiary/aromatic N) is 2. The molecule has 2 aromatic rings. The first kappa shape index (κ1) is 19.8. The molecule has 1 saturated heterocycles. The van der Waals surface area contributed by atoms with Crippen LogP contribution in [0.1, 0.15) is 36.2 Å². The maximum atomic E-state index is 12.7. The van der Waals surface area contributed by atoms with Gasteiger partial charge in [-0.15, -0.1) is 0 Å². The summed E-state index contributed by atoms with van der Waals surface area (Å²) in [5.74, 6) is -0.793. The Morgan fingerprint density at radius 2 is 1.77 bits per heavy atom. The molecule has 3 amide bonds. The summed E-state index contributed by atoms with van der Waals surface area (Å²) in [6, 6.07) is 12.3. The molecule has 0 aromatic heterocycles. The number of carbonyl (C=O) groups is 4. The van der Waals surface area contributed by atoms with Gasteiger partial charge in [-0.05, 0) is 61.4 Å². The van der Waals surface area contributed by atoms with Crippen molar-refractivity contribution < 1.29 is 19.2 Å². The number of nitrogens with one attached hydrogen (secondary N) is 1. The zero-order valence-electron chi connectivity index (χ0n) is 17.0. The highest BCUT2D eigenvalue weighted by Gasteiger charge is 2.36. The number of carbonyl (C=O) groups excluding carboxylic acids is 4. The van der Waals surface area contributed by atoms with Crippen LogP contribution in [0, 0.1) is 5.92 Å². The molecule has 30 heavy (non-hydrogen) atoms. The number of benzene rings is 2. The molecular weight excluding hydrogens is 382 g/mol. The fourth-order valence-electron chi connectivity index (χ4n) is 4.05. The van der Waals surface area contributed by atoms with Crippen molar-refractivity contribution in [2.24, 2.45) is 5.92 Å². The van der Waals surface area contributed by atoms with E-state index in [-0.39, 0.29) is 29.9 Å². The van der Waals surface area contributed by atoms with E-state index in [1.807, 2.05) is 18.2 Å². The number of amides is 3. The van der Waals surface area contributed by atoms with Gasteiger partial charge >= 0.3 is 0 Å². The molecule has 0 unspecified atom stereocenters. The van der Waals surface area contributed by atoms with E-state index in [1.54, 1.807) is 41.0 Å². The quantitative estimate of drug-likeness (QED) is 0.793. The minimum Gasteiger partial charge on any atom is -0.326 e. The summed E-state index contributed by atoms with van der Waals surface area (Å²) in [6.07, 6.45) is 0.902. The van der Waals surface area contributed by atoms with E-state index in [4.69, 9.17) is 0 Å². The normalized spacial score (nSPS) is 17.8. The first-order valence-electron chi connectivity index (χ1n) is 9.97. The lowest BCUT2D eigenvalue weighted by Gasteiger charge is -2.19. The molecule has 7 nitrogen and oxygen atoms in total. The predicted molar refractivity (Wildman–Crippen MR) is 114 cm³/mol. The smallest absolute Gasteiger partial charge is 0.229 e. The second kappa shape index (κ2) is 7.74. The number of rotatable bonds is 4. The van der Waals surface area contributed by atoms with Crippen LogP contribution in [0.15, 0.2) is 42.5 Å². The first-order valence-corrected chi connectivity index (χ1v) is 9.97. The molecule has 0 saturated carbocycles. The highest BCUT2D eigenvalue weighted by molar-refractivity contribution is 6.04. The van der Waals surface area contributed by atoms with Crippen molar-refractivity contribution in [2.75, 3.05) is 28.2 Å². The third-order valence-corrected chi connectivity index (χ3v) is 5.71. The van der Waals surface area contributed by atoms with Crippen molar-refractivity contribution in [2.45, 2.75) is 26.7 Å². The fourth-order valence-corrected chi connectivity index (χ4v) is 4.05. The van der Waals surface area contributed by atoms with E-state index in [9.17, 15) is 19.2 Å². The average molecular weight is 405 g/mol. The van der Waals surface area contributed by atoms with E-state index in [0.717, 1.165) is 23.4 Å². The Kier molecular flexibility index (Phi) is 5.11. The van der Waals surface area contributed by atoms with Crippen LogP contribution < -0.4 is 15.1 Å². The third kappa shape index (κ3) is 3.70. The van der Waals surface area contributed by atoms with Gasteiger partial charge in [0.25, 0.3) is 0 Å². The summed E-state index contributed by atoms with van der Waals surface area (Å²) in [7, 11) is 0. The zero-order chi connectivity index (χ0) is 21.4. The van der Waals surface area contributed by atoms with Crippen LogP contribution in [-0.2, 0) is 20.8 Å². The molecule has 1 N–H and O–H groups in total. The molecule has 1 atom stereocenters. The van der Waals surface area contributed by atoms with Crippen LogP contribution in [0.2, 0.25) is 0 Å². The molecule has 1 fully saturated rings. The zero-order valence-corrected chi connectivity index (χ0v) is 17.0. The molecule has 2 aliphatic rings. The van der Waals surface area contributed by atoms with Crippen LogP contribution in [0.5, 0.6) is 0 Å². The molecular formula is C23H23N3O4. The van der Waals surface area contributed by atoms with E-state index in [1.165, 1.54) is 6.92 Å². The molecule has 154 valence electrons. The first-order chi connectivity index (χ1) is 14.3. The Balaban J connectivity index is 1.45. The lowest BCUT2D eigenvalue weighted by atomic mass is 10.1. The van der Waals surface area contributed by atoms with Crippen molar-refractivity contribution in [3.8, 4) is 0 Å². The van der Waals surface area contributed by atoms with Gasteiger partial charge in [-0.1, -0.05) is 0 Å². The Labute approximate surface area is 174 Å². The second-order valence-electron chi connectivity index (χ2n) is 7.76. The SMILES string of the molecule is CC(=O)c1ccc(NC(=O)[C@@H]2CC(=O)N(c3ccc4c(c3)CCN4C(C)=O)C2)cc1. The minimum absolute atomic E-state index is 0.00631. The minimum atomic E-state index is -0.452. The Hall–Kier alpha value is -3.48. The van der Waals surface area contributed by atoms with Gasteiger partial charge in [-0.3, -0.25) is 19.2 Å². The van der Waals surface area contributed by atoms with Gasteiger partial charge < -0.3 is 15.1 Å². The van der Waals surface area contributed by atoms with E-state index >= 15 is 0 Å². The maximum absolute atomic E-state index is 12.7. The molecule has 2 heterocycles. The Bertz CT molecular complexity index is 1040. The number of ketones is 1. The van der Waals surface area contributed by atoms with Crippen molar-refractivity contribution in [3.63, 3.8) is 0 Å². The van der Waals surface area contributed by atoms with Gasteiger partial charge in [0.15, 0.2) is 5.78 Å². The monoisotopic (exact) mass is 405 g/mol. The van der Waals surface area contributed by atoms with Gasteiger partial charge in [0.05, 0.1) is 5.92 Å². The summed E-state index contributed by atoms with van der Waals surface area (Å²) in [5.41, 5.74) is 3.85. The van der Waals surface area contributed by atoms with Gasteiger partial charge in [-0.25, -0.2) is 0 Å². The van der Waals surface area contributed by atoms with Gasteiger partial charge in [0.1, 0.15) is 0 Å². The van der Waals surface area contributed by atoms with Crippen molar-refractivity contribution in [1.29, 1.82) is 0 Å². The predicted octanol–water partition coefficient (Wildman–Crippen LogP) is 2.79. The van der Waals surface area contributed by atoms with Crippen molar-refractivity contribution in [3.05, 3.63) is 53.6 Å². The lowest BCUT2D eigenvalue weighted by molar-refractivity contribution is -0.122. The molecule has 0 aliphatic carbocycles. The van der Waals surface area contributed by atoms with Gasteiger partial charge in [0.2, 0.25) is 17.7 Å². The van der Waals surface area contributed by atoms with E-state index in [0.29, 0.717) is 24.3 Å². The third-order valence-electron chi connectivity index (χ3n) is 5.71. The number of anilines is 3. The second-order valence-corrected chi connectivity index (χ2v) is 7.76. The van der Waals surface area contributed by atoms with Crippen LogP contribution in [-0.4, -0.2) is 36.6 Å². The molecule has 2 aromatic carbocycles. The van der Waals surface area contributed by atoms with Crippen molar-refractivity contribution >= 4 is 40.6 Å². The number of Topliss-reactive ketones (excluding diaryl/α,β-unsaturated/α-hetero) is 1. The van der Waals surface area contributed by atoms with Crippen LogP contribution in [0.3, 0.4) is 0 Å². The van der Waals surface area contributed by atoms with Crippen LogP contribution in [0.25, 0.3) is 0 Å². The number of hydrogen-bond acceptors (Lipinski definition) is 4. The molecule has 4 rings (SSSR count). The van der Waals surface area contributed by atoms with Crippen LogP contribution >= 0.6 is 0 Å². The average Bonchev–Trinajstić information content (AvgIpc) is 3.31. The van der Waals surface area contributed by atoms with Gasteiger partial charge in [0, 0.05) is 49.1 Å². The summed E-state index contributed by atoms with van der Waals surface area (Å²) in [5, 5.41) is 2.83. The summed E-state index contributed by atoms with van der Waals surface area (Å²) < 4.78 is 0. The largest absolute Gasteiger partial charge is 0.326 e.